The van der Waals surface area contributed by atoms with Gasteiger partial charge in [0.1, 0.15) is 11.9 Å². The third kappa shape index (κ3) is 6.74. The van der Waals surface area contributed by atoms with E-state index in [0.29, 0.717) is 22.8 Å². The van der Waals surface area contributed by atoms with Gasteiger partial charge in [0.15, 0.2) is 11.6 Å². The van der Waals surface area contributed by atoms with Crippen LogP contribution in [0.25, 0.3) is 11.1 Å². The van der Waals surface area contributed by atoms with Gasteiger partial charge in [0.05, 0.1) is 17.3 Å². The number of nitrogens with zero attached hydrogens (tertiary/aromatic N) is 4. The molecule has 1 aliphatic heterocycles. The van der Waals surface area contributed by atoms with Crippen molar-refractivity contribution in [1.29, 1.82) is 0 Å². The van der Waals surface area contributed by atoms with Crippen LogP contribution < -0.4 is 16.0 Å². The second kappa shape index (κ2) is 12.8. The van der Waals surface area contributed by atoms with Gasteiger partial charge in [-0.3, -0.25) is 14.7 Å². The summed E-state index contributed by atoms with van der Waals surface area (Å²) in [6.07, 6.45) is 8.72. The lowest BCUT2D eigenvalue weighted by Crippen LogP contribution is -2.35. The number of unbranched alkanes of at least 4 members (excludes halogenated alkanes) is 1. The molecule has 204 valence electrons. The maximum atomic E-state index is 14.0. The molecule has 1 amide bonds. The minimum absolute atomic E-state index is 0.0888. The highest BCUT2D eigenvalue weighted by Gasteiger charge is 2.22. The highest BCUT2D eigenvalue weighted by Crippen LogP contribution is 2.37. The number of nitrogens with one attached hydrogen (secondary N) is 1. The summed E-state index contributed by atoms with van der Waals surface area (Å²) in [5.74, 6) is -0.389. The van der Waals surface area contributed by atoms with Gasteiger partial charge in [-0.2, -0.15) is 5.10 Å². The molecule has 12 heteroatoms. The molecule has 4 N–H and O–H groups in total. The smallest absolute Gasteiger partial charge is 0.243 e. The van der Waals surface area contributed by atoms with Crippen LogP contribution in [-0.2, 0) is 4.79 Å². The Hall–Kier alpha value is -2.92. The van der Waals surface area contributed by atoms with Gasteiger partial charge in [-0.1, -0.05) is 23.2 Å². The van der Waals surface area contributed by atoms with Crippen LogP contribution in [0.4, 0.5) is 10.2 Å². The van der Waals surface area contributed by atoms with Crippen molar-refractivity contribution in [2.75, 3.05) is 25.4 Å². The van der Waals surface area contributed by atoms with E-state index in [-0.39, 0.29) is 22.8 Å². The Morgan fingerprint density at radius 3 is 2.76 bits per heavy atom. The number of amides is 1. The molecule has 1 fully saturated rings. The van der Waals surface area contributed by atoms with Crippen LogP contribution in [0.2, 0.25) is 10.0 Å². The van der Waals surface area contributed by atoms with Crippen molar-refractivity contribution in [3.05, 3.63) is 58.2 Å². The van der Waals surface area contributed by atoms with Gasteiger partial charge in [0.2, 0.25) is 5.91 Å². The number of pyridine rings is 1. The van der Waals surface area contributed by atoms with E-state index in [4.69, 9.17) is 38.9 Å². The summed E-state index contributed by atoms with van der Waals surface area (Å²) >= 11 is 12.4. The minimum Gasteiger partial charge on any atom is -0.482 e. The van der Waals surface area contributed by atoms with Crippen LogP contribution in [0.3, 0.4) is 0 Å². The van der Waals surface area contributed by atoms with Crippen molar-refractivity contribution in [3.63, 3.8) is 0 Å². The first-order valence-corrected chi connectivity index (χ1v) is 13.3. The lowest BCUT2D eigenvalue weighted by Gasteiger charge is -2.32. The van der Waals surface area contributed by atoms with Crippen molar-refractivity contribution < 1.29 is 19.1 Å². The molecule has 0 radical (unpaired) electrons. The van der Waals surface area contributed by atoms with Crippen LogP contribution >= 0.6 is 23.2 Å². The molecule has 0 aliphatic carbocycles. The number of rotatable bonds is 10. The molecular weight excluding hydrogens is 534 g/mol. The third-order valence-corrected chi connectivity index (χ3v) is 7.50. The van der Waals surface area contributed by atoms with E-state index < -0.39 is 11.9 Å². The maximum absolute atomic E-state index is 14.0. The molecule has 1 aliphatic rings. The first-order chi connectivity index (χ1) is 18.3. The quantitative estimate of drug-likeness (QED) is 0.130. The van der Waals surface area contributed by atoms with E-state index in [0.717, 1.165) is 56.4 Å². The molecule has 1 aromatic carbocycles. The zero-order chi connectivity index (χ0) is 27.2. The topological polar surface area (TPSA) is 119 Å². The third-order valence-electron chi connectivity index (χ3n) is 6.79. The van der Waals surface area contributed by atoms with Crippen molar-refractivity contribution in [2.24, 2.45) is 0 Å². The Morgan fingerprint density at radius 2 is 2.03 bits per heavy atom. The predicted molar refractivity (Wildman–Crippen MR) is 144 cm³/mol. The van der Waals surface area contributed by atoms with E-state index in [1.54, 1.807) is 30.9 Å². The molecule has 0 saturated carbocycles. The SMILES string of the molecule is CC(Oc1cc(-c2cnn(C3CCN(CCCCC(=O)NO)CC3)c2)cnc1N)c1c(Cl)ccc(F)c1Cl. The lowest BCUT2D eigenvalue weighted by molar-refractivity contribution is -0.129. The molecular formula is C26H31Cl2FN6O3. The van der Waals surface area contributed by atoms with E-state index in [9.17, 15) is 9.18 Å². The molecule has 2 aromatic heterocycles. The summed E-state index contributed by atoms with van der Waals surface area (Å²) in [6, 6.07) is 4.71. The zero-order valence-electron chi connectivity index (χ0n) is 21.0. The second-order valence-corrected chi connectivity index (χ2v) is 10.2. The summed E-state index contributed by atoms with van der Waals surface area (Å²) in [4.78, 5) is 17.8. The highest BCUT2D eigenvalue weighted by molar-refractivity contribution is 6.36. The maximum Gasteiger partial charge on any atom is 0.243 e. The normalized spacial score (nSPS) is 15.4. The van der Waals surface area contributed by atoms with Crippen molar-refractivity contribution in [3.8, 4) is 16.9 Å². The Kier molecular flexibility index (Phi) is 9.43. The van der Waals surface area contributed by atoms with Gasteiger partial charge in [0, 0.05) is 53.6 Å². The second-order valence-electron chi connectivity index (χ2n) is 9.40. The number of ether oxygens (including phenoxy) is 1. The van der Waals surface area contributed by atoms with Crippen molar-refractivity contribution in [1.82, 2.24) is 25.1 Å². The van der Waals surface area contributed by atoms with Gasteiger partial charge in [0.25, 0.3) is 0 Å². The largest absolute Gasteiger partial charge is 0.482 e. The Bertz CT molecular complexity index is 1270. The number of hydrogen-bond donors (Lipinski definition) is 3. The number of benzene rings is 1. The van der Waals surface area contributed by atoms with E-state index in [1.807, 2.05) is 10.9 Å². The molecule has 1 unspecified atom stereocenters. The van der Waals surface area contributed by atoms with Crippen LogP contribution in [0, 0.1) is 5.82 Å². The average molecular weight is 565 g/mol. The Balaban J connectivity index is 1.37. The summed E-state index contributed by atoms with van der Waals surface area (Å²) in [6.45, 7) is 4.56. The summed E-state index contributed by atoms with van der Waals surface area (Å²) in [5, 5.41) is 13.4. The van der Waals surface area contributed by atoms with Gasteiger partial charge in [-0.05, 0) is 57.4 Å². The number of hydrogen-bond acceptors (Lipinski definition) is 7. The summed E-state index contributed by atoms with van der Waals surface area (Å²) < 4.78 is 22.0. The molecule has 0 spiro atoms. The highest BCUT2D eigenvalue weighted by atomic mass is 35.5. The summed E-state index contributed by atoms with van der Waals surface area (Å²) in [5.41, 5.74) is 9.74. The monoisotopic (exact) mass is 564 g/mol. The first kappa shape index (κ1) is 28.1. The van der Waals surface area contributed by atoms with Crippen LogP contribution in [-0.4, -0.2) is 50.4 Å². The lowest BCUT2D eigenvalue weighted by atomic mass is 10.0. The van der Waals surface area contributed by atoms with Crippen molar-refractivity contribution in [2.45, 2.75) is 51.2 Å². The standard InChI is InChI=1S/C26H31Cl2FN6O3/c1-16(24-20(27)5-6-21(29)25(24)28)38-22-12-17(13-31-26(22)30)18-14-32-35(15-18)19-7-10-34(11-8-19)9-3-2-4-23(36)33-37/h5-6,12-16,19,37H,2-4,7-11H2,1H3,(H2,30,31)(H,33,36). The van der Waals surface area contributed by atoms with E-state index >= 15 is 0 Å². The summed E-state index contributed by atoms with van der Waals surface area (Å²) in [7, 11) is 0. The zero-order valence-corrected chi connectivity index (χ0v) is 22.6. The number of halogens is 3. The fourth-order valence-corrected chi connectivity index (χ4v) is 5.32. The number of hydroxylamine groups is 1. The molecule has 9 nitrogen and oxygen atoms in total. The fourth-order valence-electron chi connectivity index (χ4n) is 4.64. The van der Waals surface area contributed by atoms with Crippen LogP contribution in [0.5, 0.6) is 5.75 Å². The number of nitrogens with two attached hydrogens (primary N) is 1. The average Bonchev–Trinajstić information content (AvgIpc) is 3.41. The molecule has 1 atom stereocenters. The number of carbonyl (C=O) groups is 1. The molecule has 4 rings (SSSR count). The number of anilines is 1. The van der Waals surface area contributed by atoms with Crippen molar-refractivity contribution >= 4 is 34.9 Å². The minimum atomic E-state index is -0.662. The number of aromatic nitrogens is 3. The molecule has 0 bridgehead atoms. The molecule has 38 heavy (non-hydrogen) atoms. The number of carbonyl (C=O) groups excluding carboxylic acids is 1. The van der Waals surface area contributed by atoms with Gasteiger partial charge < -0.3 is 15.4 Å². The predicted octanol–water partition coefficient (Wildman–Crippen LogP) is 5.43. The van der Waals surface area contributed by atoms with E-state index in [1.165, 1.54) is 12.1 Å². The first-order valence-electron chi connectivity index (χ1n) is 12.5. The van der Waals surface area contributed by atoms with Gasteiger partial charge in [-0.25, -0.2) is 14.9 Å². The molecule has 3 heterocycles. The van der Waals surface area contributed by atoms with Gasteiger partial charge >= 0.3 is 0 Å². The van der Waals surface area contributed by atoms with Gasteiger partial charge in [-0.15, -0.1) is 0 Å². The fraction of sp³-hybridized carbons (Fsp3) is 0.423. The number of piperidine rings is 1. The van der Waals surface area contributed by atoms with E-state index in [2.05, 4.69) is 15.0 Å². The Morgan fingerprint density at radius 1 is 1.26 bits per heavy atom. The molecule has 1 saturated heterocycles. The van der Waals surface area contributed by atoms with Crippen LogP contribution in [0.15, 0.2) is 36.8 Å². The number of likely N-dealkylation sites (tertiary alicyclic amines) is 1. The van der Waals surface area contributed by atoms with Crippen LogP contribution in [0.1, 0.15) is 56.7 Å². The Labute approximate surface area is 230 Å². The molecule has 3 aromatic rings. The number of nitrogen functional groups attached to an aromatic ring is 1.